The van der Waals surface area contributed by atoms with Gasteiger partial charge in [0.05, 0.1) is 23.8 Å². The first-order valence-electron chi connectivity index (χ1n) is 8.75. The zero-order valence-electron chi connectivity index (χ0n) is 15.7. The lowest BCUT2D eigenvalue weighted by Crippen LogP contribution is -2.50. The number of sulfonamides is 1. The summed E-state index contributed by atoms with van der Waals surface area (Å²) in [5, 5.41) is 2.59. The van der Waals surface area contributed by atoms with Gasteiger partial charge in [0, 0.05) is 33.1 Å². The Kier molecular flexibility index (Phi) is 7.03. The molecule has 0 radical (unpaired) electrons. The molecule has 10 heteroatoms. The Morgan fingerprint density at radius 2 is 1.78 bits per heavy atom. The van der Waals surface area contributed by atoms with Crippen molar-refractivity contribution in [2.45, 2.75) is 25.7 Å². The Balaban J connectivity index is 2.19. The highest BCUT2D eigenvalue weighted by Crippen LogP contribution is 2.29. The van der Waals surface area contributed by atoms with E-state index in [1.165, 1.54) is 34.3 Å². The number of rotatable bonds is 6. The Bertz CT molecular complexity index is 788. The Hall–Kier alpha value is -2.33. The molecule has 1 aromatic carbocycles. The van der Waals surface area contributed by atoms with Crippen LogP contribution in [0.5, 0.6) is 5.75 Å². The number of ether oxygens (including phenoxy) is 2. The van der Waals surface area contributed by atoms with E-state index in [0.717, 1.165) is 0 Å². The van der Waals surface area contributed by atoms with Gasteiger partial charge in [0.15, 0.2) is 0 Å². The molecule has 1 fully saturated rings. The fraction of sp³-hybridized carbons (Fsp3) is 0.529. The molecule has 0 aromatic heterocycles. The summed E-state index contributed by atoms with van der Waals surface area (Å²) in [6.07, 6.45) is -0.441. The van der Waals surface area contributed by atoms with Gasteiger partial charge in [-0.2, -0.15) is 4.31 Å². The normalized spacial score (nSPS) is 15.3. The van der Waals surface area contributed by atoms with Gasteiger partial charge < -0.3 is 19.7 Å². The summed E-state index contributed by atoms with van der Waals surface area (Å²) in [7, 11) is -3.77. The number of hydrogen-bond donors (Lipinski definition) is 1. The van der Waals surface area contributed by atoms with Gasteiger partial charge >= 0.3 is 6.09 Å². The average molecular weight is 399 g/mol. The number of carbonyl (C=O) groups excluding carboxylic acids is 2. The van der Waals surface area contributed by atoms with Gasteiger partial charge in [-0.3, -0.25) is 4.79 Å². The van der Waals surface area contributed by atoms with E-state index in [0.29, 0.717) is 18.0 Å². The third-order valence-corrected chi connectivity index (χ3v) is 5.86. The Morgan fingerprint density at radius 1 is 1.11 bits per heavy atom. The van der Waals surface area contributed by atoms with Crippen LogP contribution in [0.25, 0.3) is 0 Å². The van der Waals surface area contributed by atoms with Crippen LogP contribution in [0.1, 0.15) is 20.8 Å². The number of piperazine rings is 1. The molecule has 27 heavy (non-hydrogen) atoms. The van der Waals surface area contributed by atoms with Gasteiger partial charge in [-0.15, -0.1) is 0 Å². The number of nitrogens with zero attached hydrogens (tertiary/aromatic N) is 2. The van der Waals surface area contributed by atoms with Crippen molar-refractivity contribution in [3.8, 4) is 5.75 Å². The summed E-state index contributed by atoms with van der Waals surface area (Å²) < 4.78 is 37.6. The summed E-state index contributed by atoms with van der Waals surface area (Å²) in [6.45, 7) is 6.37. The number of hydrogen-bond acceptors (Lipinski definition) is 6. The zero-order chi connectivity index (χ0) is 20.0. The largest absolute Gasteiger partial charge is 0.492 e. The number of benzene rings is 1. The van der Waals surface area contributed by atoms with Crippen LogP contribution >= 0.6 is 0 Å². The second-order valence-corrected chi connectivity index (χ2v) is 7.80. The fourth-order valence-electron chi connectivity index (χ4n) is 2.71. The SMILES string of the molecule is CCOC(=O)N1CCN(S(=O)(=O)c2ccc(OCC)c(NC(C)=O)c2)CC1. The van der Waals surface area contributed by atoms with Gasteiger partial charge in [0.25, 0.3) is 0 Å². The van der Waals surface area contributed by atoms with Gasteiger partial charge in [0.2, 0.25) is 15.9 Å². The van der Waals surface area contributed by atoms with Crippen LogP contribution in [0.15, 0.2) is 23.1 Å². The molecule has 2 rings (SSSR count). The first-order chi connectivity index (χ1) is 12.8. The van der Waals surface area contributed by atoms with Gasteiger partial charge in [-0.05, 0) is 32.0 Å². The highest BCUT2D eigenvalue weighted by atomic mass is 32.2. The van der Waals surface area contributed by atoms with Crippen molar-refractivity contribution in [3.63, 3.8) is 0 Å². The number of amides is 2. The lowest BCUT2D eigenvalue weighted by atomic mass is 10.3. The highest BCUT2D eigenvalue weighted by molar-refractivity contribution is 7.89. The van der Waals surface area contributed by atoms with E-state index in [2.05, 4.69) is 5.32 Å². The summed E-state index contributed by atoms with van der Waals surface area (Å²) in [4.78, 5) is 24.7. The number of anilines is 1. The average Bonchev–Trinajstić information content (AvgIpc) is 2.63. The lowest BCUT2D eigenvalue weighted by Gasteiger charge is -2.33. The molecule has 0 aliphatic carbocycles. The highest BCUT2D eigenvalue weighted by Gasteiger charge is 2.31. The topological polar surface area (TPSA) is 105 Å². The molecule has 1 saturated heterocycles. The lowest BCUT2D eigenvalue weighted by molar-refractivity contribution is -0.114. The van der Waals surface area contributed by atoms with Crippen molar-refractivity contribution in [1.29, 1.82) is 0 Å². The van der Waals surface area contributed by atoms with E-state index in [1.807, 2.05) is 0 Å². The third-order valence-electron chi connectivity index (χ3n) is 3.96. The molecular formula is C17H25N3O6S. The molecule has 0 bridgehead atoms. The summed E-state index contributed by atoms with van der Waals surface area (Å²) in [6, 6.07) is 4.36. The molecule has 2 amide bonds. The maximum absolute atomic E-state index is 12.9. The predicted octanol–water partition coefficient (Wildman–Crippen LogP) is 1.51. The van der Waals surface area contributed by atoms with E-state index in [-0.39, 0.29) is 43.6 Å². The van der Waals surface area contributed by atoms with Crippen LogP contribution < -0.4 is 10.1 Å². The molecule has 1 aliphatic rings. The fourth-order valence-corrected chi connectivity index (χ4v) is 4.16. The second kappa shape index (κ2) is 9.05. The van der Waals surface area contributed by atoms with Crippen LogP contribution in [-0.2, 0) is 19.6 Å². The van der Waals surface area contributed by atoms with E-state index in [9.17, 15) is 18.0 Å². The summed E-state index contributed by atoms with van der Waals surface area (Å²) in [5.74, 6) is 0.0762. The van der Waals surface area contributed by atoms with E-state index < -0.39 is 16.1 Å². The Morgan fingerprint density at radius 3 is 2.33 bits per heavy atom. The minimum Gasteiger partial charge on any atom is -0.492 e. The van der Waals surface area contributed by atoms with Crippen molar-refractivity contribution in [3.05, 3.63) is 18.2 Å². The molecule has 0 saturated carbocycles. The molecule has 1 aliphatic heterocycles. The quantitative estimate of drug-likeness (QED) is 0.777. The van der Waals surface area contributed by atoms with Crippen molar-refractivity contribution >= 4 is 27.7 Å². The molecule has 1 aromatic rings. The molecule has 1 heterocycles. The van der Waals surface area contributed by atoms with Crippen LogP contribution in [0.3, 0.4) is 0 Å². The van der Waals surface area contributed by atoms with Crippen LogP contribution in [0.4, 0.5) is 10.5 Å². The second-order valence-electron chi connectivity index (χ2n) is 5.86. The van der Waals surface area contributed by atoms with Gasteiger partial charge in [0.1, 0.15) is 5.75 Å². The predicted molar refractivity (Wildman–Crippen MR) is 99.3 cm³/mol. The molecule has 0 atom stereocenters. The van der Waals surface area contributed by atoms with E-state index in [1.54, 1.807) is 13.8 Å². The van der Waals surface area contributed by atoms with Crippen LogP contribution in [0, 0.1) is 0 Å². The first-order valence-corrected chi connectivity index (χ1v) is 10.2. The van der Waals surface area contributed by atoms with Crippen molar-refractivity contribution < 1.29 is 27.5 Å². The van der Waals surface area contributed by atoms with Crippen LogP contribution in [-0.4, -0.2) is 69.0 Å². The first kappa shape index (κ1) is 21.0. The molecule has 1 N–H and O–H groups in total. The van der Waals surface area contributed by atoms with Crippen molar-refractivity contribution in [1.82, 2.24) is 9.21 Å². The zero-order valence-corrected chi connectivity index (χ0v) is 16.5. The van der Waals surface area contributed by atoms with Crippen LogP contribution in [0.2, 0.25) is 0 Å². The molecule has 0 unspecified atom stereocenters. The van der Waals surface area contributed by atoms with E-state index in [4.69, 9.17) is 9.47 Å². The smallest absolute Gasteiger partial charge is 0.409 e. The van der Waals surface area contributed by atoms with Crippen molar-refractivity contribution in [2.24, 2.45) is 0 Å². The number of carbonyl (C=O) groups is 2. The van der Waals surface area contributed by atoms with Gasteiger partial charge in [-0.1, -0.05) is 0 Å². The van der Waals surface area contributed by atoms with E-state index >= 15 is 0 Å². The van der Waals surface area contributed by atoms with Gasteiger partial charge in [-0.25, -0.2) is 13.2 Å². The standard InChI is InChI=1S/C17H25N3O6S/c1-4-25-16-7-6-14(12-15(16)18-13(3)21)27(23,24)20-10-8-19(9-11-20)17(22)26-5-2/h6-7,12H,4-5,8-11H2,1-3H3,(H,18,21). The Labute approximate surface area is 159 Å². The summed E-state index contributed by atoms with van der Waals surface area (Å²) >= 11 is 0. The maximum Gasteiger partial charge on any atom is 0.409 e. The minimum absolute atomic E-state index is 0.0549. The third kappa shape index (κ3) is 5.10. The molecular weight excluding hydrogens is 374 g/mol. The molecule has 150 valence electrons. The minimum atomic E-state index is -3.77. The summed E-state index contributed by atoms with van der Waals surface area (Å²) in [5.41, 5.74) is 0.301. The molecule has 0 spiro atoms. The molecule has 9 nitrogen and oxygen atoms in total. The monoisotopic (exact) mass is 399 g/mol. The maximum atomic E-state index is 12.9. The van der Waals surface area contributed by atoms with Crippen molar-refractivity contribution in [2.75, 3.05) is 44.7 Å². The number of nitrogens with one attached hydrogen (secondary N) is 1.